The van der Waals surface area contributed by atoms with E-state index in [1.54, 1.807) is 0 Å². The van der Waals surface area contributed by atoms with Crippen LogP contribution >= 0.6 is 15.9 Å². The number of halogens is 1. The maximum absolute atomic E-state index is 6.15. The summed E-state index contributed by atoms with van der Waals surface area (Å²) in [7, 11) is 0. The van der Waals surface area contributed by atoms with E-state index in [0.29, 0.717) is 6.61 Å². The topological polar surface area (TPSA) is 21.3 Å². The molecule has 112 valence electrons. The molecule has 0 heterocycles. The standard InChI is InChI=1S/C18H22BrNO/c1-2-12-20-13-18(16-10-6-7-11-17(16)19)21-14-15-8-4-3-5-9-15/h3-11,18,20H,2,12-14H2,1H3. The summed E-state index contributed by atoms with van der Waals surface area (Å²) in [5.41, 5.74) is 2.39. The molecule has 1 N–H and O–H groups in total. The van der Waals surface area contributed by atoms with E-state index >= 15 is 0 Å². The van der Waals surface area contributed by atoms with E-state index < -0.39 is 0 Å². The van der Waals surface area contributed by atoms with Crippen molar-refractivity contribution >= 4 is 15.9 Å². The third-order valence-corrected chi connectivity index (χ3v) is 4.02. The van der Waals surface area contributed by atoms with E-state index in [1.165, 1.54) is 11.1 Å². The summed E-state index contributed by atoms with van der Waals surface area (Å²) in [6.45, 7) is 4.63. The molecule has 21 heavy (non-hydrogen) atoms. The molecule has 2 aromatic carbocycles. The first-order valence-corrected chi connectivity index (χ1v) is 8.21. The second-order valence-electron chi connectivity index (χ2n) is 5.01. The Bertz CT molecular complexity index is 530. The van der Waals surface area contributed by atoms with E-state index in [4.69, 9.17) is 4.74 Å². The van der Waals surface area contributed by atoms with E-state index in [-0.39, 0.29) is 6.10 Å². The van der Waals surface area contributed by atoms with Gasteiger partial charge in [-0.15, -0.1) is 0 Å². The quantitative estimate of drug-likeness (QED) is 0.698. The molecule has 0 aliphatic rings. The molecular formula is C18H22BrNO. The van der Waals surface area contributed by atoms with Crippen molar-refractivity contribution in [2.75, 3.05) is 13.1 Å². The fourth-order valence-corrected chi connectivity index (χ4v) is 2.72. The van der Waals surface area contributed by atoms with Crippen LogP contribution in [0.3, 0.4) is 0 Å². The molecule has 0 saturated heterocycles. The molecule has 2 aromatic rings. The van der Waals surface area contributed by atoms with Gasteiger partial charge < -0.3 is 10.1 Å². The Kier molecular flexibility index (Phi) is 6.93. The van der Waals surface area contributed by atoms with Gasteiger partial charge in [-0.3, -0.25) is 0 Å². The Labute approximate surface area is 135 Å². The predicted molar refractivity (Wildman–Crippen MR) is 91.3 cm³/mol. The van der Waals surface area contributed by atoms with E-state index in [1.807, 2.05) is 24.3 Å². The van der Waals surface area contributed by atoms with E-state index in [0.717, 1.165) is 24.0 Å². The highest BCUT2D eigenvalue weighted by molar-refractivity contribution is 9.10. The van der Waals surface area contributed by atoms with Gasteiger partial charge in [-0.25, -0.2) is 0 Å². The van der Waals surface area contributed by atoms with Crippen molar-refractivity contribution in [3.05, 3.63) is 70.2 Å². The fraction of sp³-hybridized carbons (Fsp3) is 0.333. The van der Waals surface area contributed by atoms with Crippen LogP contribution in [-0.4, -0.2) is 13.1 Å². The molecule has 1 unspecified atom stereocenters. The SMILES string of the molecule is CCCNCC(OCc1ccccc1)c1ccccc1Br. The van der Waals surface area contributed by atoms with Crippen LogP contribution in [0.25, 0.3) is 0 Å². The van der Waals surface area contributed by atoms with Crippen LogP contribution in [0.15, 0.2) is 59.1 Å². The predicted octanol–water partition coefficient (Wildman–Crippen LogP) is 4.71. The highest BCUT2D eigenvalue weighted by atomic mass is 79.9. The van der Waals surface area contributed by atoms with Crippen LogP contribution < -0.4 is 5.32 Å². The third kappa shape index (κ3) is 5.27. The van der Waals surface area contributed by atoms with Crippen LogP contribution in [0.1, 0.15) is 30.6 Å². The van der Waals surface area contributed by atoms with Crippen molar-refractivity contribution in [3.63, 3.8) is 0 Å². The van der Waals surface area contributed by atoms with Crippen molar-refractivity contribution in [1.82, 2.24) is 5.32 Å². The number of rotatable bonds is 8. The molecule has 2 rings (SSSR count). The second-order valence-corrected chi connectivity index (χ2v) is 5.87. The summed E-state index contributed by atoms with van der Waals surface area (Å²) >= 11 is 3.62. The van der Waals surface area contributed by atoms with Gasteiger partial charge in [-0.05, 0) is 30.2 Å². The van der Waals surface area contributed by atoms with Gasteiger partial charge in [0.25, 0.3) is 0 Å². The first kappa shape index (κ1) is 16.2. The number of hydrogen-bond donors (Lipinski definition) is 1. The molecule has 0 saturated carbocycles. The average molecular weight is 348 g/mol. The monoisotopic (exact) mass is 347 g/mol. The molecule has 2 nitrogen and oxygen atoms in total. The van der Waals surface area contributed by atoms with Crippen LogP contribution in [0.5, 0.6) is 0 Å². The maximum atomic E-state index is 6.15. The van der Waals surface area contributed by atoms with Crippen LogP contribution in [0.2, 0.25) is 0 Å². The minimum atomic E-state index is 0.0485. The largest absolute Gasteiger partial charge is 0.367 e. The zero-order valence-corrected chi connectivity index (χ0v) is 14.0. The van der Waals surface area contributed by atoms with Gasteiger partial charge in [0, 0.05) is 11.0 Å². The highest BCUT2D eigenvalue weighted by Gasteiger charge is 2.14. The van der Waals surface area contributed by atoms with Gasteiger partial charge in [-0.2, -0.15) is 0 Å². The van der Waals surface area contributed by atoms with Gasteiger partial charge >= 0.3 is 0 Å². The molecule has 0 amide bonds. The number of nitrogens with one attached hydrogen (secondary N) is 1. The summed E-state index contributed by atoms with van der Waals surface area (Å²) in [5.74, 6) is 0. The molecule has 0 radical (unpaired) electrons. The molecule has 0 aliphatic heterocycles. The first-order valence-electron chi connectivity index (χ1n) is 7.42. The normalized spacial score (nSPS) is 12.3. The molecule has 0 bridgehead atoms. The smallest absolute Gasteiger partial charge is 0.0964 e. The van der Waals surface area contributed by atoms with E-state index in [9.17, 15) is 0 Å². The molecule has 0 fully saturated rings. The Morgan fingerprint density at radius 1 is 1.05 bits per heavy atom. The maximum Gasteiger partial charge on any atom is 0.0964 e. The fourth-order valence-electron chi connectivity index (χ4n) is 2.18. The third-order valence-electron chi connectivity index (χ3n) is 3.30. The van der Waals surface area contributed by atoms with Crippen molar-refractivity contribution in [3.8, 4) is 0 Å². The zero-order chi connectivity index (χ0) is 14.9. The van der Waals surface area contributed by atoms with Crippen LogP contribution in [0, 0.1) is 0 Å². The Balaban J connectivity index is 2.03. The average Bonchev–Trinajstić information content (AvgIpc) is 2.53. The summed E-state index contributed by atoms with van der Waals surface area (Å²) in [5, 5.41) is 3.45. The number of ether oxygens (including phenoxy) is 1. The minimum absolute atomic E-state index is 0.0485. The van der Waals surface area contributed by atoms with E-state index in [2.05, 4.69) is 58.5 Å². The van der Waals surface area contributed by atoms with Crippen molar-refractivity contribution in [1.29, 1.82) is 0 Å². The lowest BCUT2D eigenvalue weighted by molar-refractivity contribution is 0.0395. The molecule has 1 atom stereocenters. The second kappa shape index (κ2) is 8.98. The number of benzene rings is 2. The first-order chi connectivity index (χ1) is 10.3. The molecule has 3 heteroatoms. The lowest BCUT2D eigenvalue weighted by atomic mass is 10.1. The van der Waals surface area contributed by atoms with Gasteiger partial charge in [0.15, 0.2) is 0 Å². The van der Waals surface area contributed by atoms with Crippen molar-refractivity contribution < 1.29 is 4.74 Å². The Morgan fingerprint density at radius 3 is 2.48 bits per heavy atom. The molecular weight excluding hydrogens is 326 g/mol. The summed E-state index contributed by atoms with van der Waals surface area (Å²) in [6.07, 6.45) is 1.17. The zero-order valence-electron chi connectivity index (χ0n) is 12.4. The van der Waals surface area contributed by atoms with Crippen molar-refractivity contribution in [2.24, 2.45) is 0 Å². The summed E-state index contributed by atoms with van der Waals surface area (Å²) in [6, 6.07) is 18.6. The Hall–Kier alpha value is -1.16. The van der Waals surface area contributed by atoms with Crippen LogP contribution in [0.4, 0.5) is 0 Å². The molecule has 0 aromatic heterocycles. The molecule has 0 spiro atoms. The lowest BCUT2D eigenvalue weighted by Crippen LogP contribution is -2.24. The lowest BCUT2D eigenvalue weighted by Gasteiger charge is -2.20. The Morgan fingerprint density at radius 2 is 1.76 bits per heavy atom. The summed E-state index contributed by atoms with van der Waals surface area (Å²) in [4.78, 5) is 0. The van der Waals surface area contributed by atoms with Gasteiger partial charge in [0.1, 0.15) is 0 Å². The van der Waals surface area contributed by atoms with Gasteiger partial charge in [-0.1, -0.05) is 71.4 Å². The molecule has 0 aliphatic carbocycles. The van der Waals surface area contributed by atoms with Crippen LogP contribution in [-0.2, 0) is 11.3 Å². The van der Waals surface area contributed by atoms with Crippen molar-refractivity contribution in [2.45, 2.75) is 26.1 Å². The summed E-state index contributed by atoms with van der Waals surface area (Å²) < 4.78 is 7.25. The minimum Gasteiger partial charge on any atom is -0.367 e. The number of hydrogen-bond acceptors (Lipinski definition) is 2. The van der Waals surface area contributed by atoms with Gasteiger partial charge in [0.2, 0.25) is 0 Å². The highest BCUT2D eigenvalue weighted by Crippen LogP contribution is 2.26. The van der Waals surface area contributed by atoms with Gasteiger partial charge in [0.05, 0.1) is 12.7 Å².